The third-order valence-electron chi connectivity index (χ3n) is 2.16. The van der Waals surface area contributed by atoms with Gasteiger partial charge in [0.2, 0.25) is 0 Å². The Morgan fingerprint density at radius 2 is 1.73 bits per heavy atom. The maximum atomic E-state index is 13.5. The molecule has 0 atom stereocenters. The zero-order chi connectivity index (χ0) is 10.8. The Morgan fingerprint density at radius 3 is 2.40 bits per heavy atom. The van der Waals surface area contributed by atoms with Crippen molar-refractivity contribution in [1.82, 2.24) is 0 Å². The van der Waals surface area contributed by atoms with Crippen LogP contribution in [0.15, 0.2) is 42.5 Å². The van der Waals surface area contributed by atoms with Gasteiger partial charge in [0.25, 0.3) is 0 Å². The SMILES string of the molecule is Nc1ccc(-c2ccccc2F)c(Cl)c1. The first-order valence-electron chi connectivity index (χ1n) is 4.48. The van der Waals surface area contributed by atoms with Crippen LogP contribution in [-0.4, -0.2) is 0 Å². The molecular formula is C12H9ClFN. The summed E-state index contributed by atoms with van der Waals surface area (Å²) in [5.41, 5.74) is 7.28. The molecule has 2 N–H and O–H groups in total. The zero-order valence-corrected chi connectivity index (χ0v) is 8.63. The van der Waals surface area contributed by atoms with Crippen molar-refractivity contribution in [1.29, 1.82) is 0 Å². The molecule has 0 aliphatic heterocycles. The summed E-state index contributed by atoms with van der Waals surface area (Å²) in [6.45, 7) is 0. The molecule has 0 aliphatic rings. The van der Waals surface area contributed by atoms with Crippen molar-refractivity contribution >= 4 is 17.3 Å². The summed E-state index contributed by atoms with van der Waals surface area (Å²) in [5.74, 6) is -0.288. The second-order valence-electron chi connectivity index (χ2n) is 3.22. The normalized spacial score (nSPS) is 10.3. The third-order valence-corrected chi connectivity index (χ3v) is 2.47. The highest BCUT2D eigenvalue weighted by Crippen LogP contribution is 2.30. The van der Waals surface area contributed by atoms with Gasteiger partial charge < -0.3 is 5.73 Å². The molecule has 0 aliphatic carbocycles. The quantitative estimate of drug-likeness (QED) is 0.730. The number of rotatable bonds is 1. The zero-order valence-electron chi connectivity index (χ0n) is 7.87. The van der Waals surface area contributed by atoms with Crippen LogP contribution in [0.2, 0.25) is 5.02 Å². The lowest BCUT2D eigenvalue weighted by molar-refractivity contribution is 0.631. The van der Waals surface area contributed by atoms with E-state index < -0.39 is 0 Å². The second-order valence-corrected chi connectivity index (χ2v) is 3.63. The molecule has 0 heterocycles. The number of hydrogen-bond acceptors (Lipinski definition) is 1. The van der Waals surface area contributed by atoms with Gasteiger partial charge in [-0.05, 0) is 18.2 Å². The van der Waals surface area contributed by atoms with E-state index in [0.717, 1.165) is 0 Å². The van der Waals surface area contributed by atoms with E-state index in [1.165, 1.54) is 6.07 Å². The van der Waals surface area contributed by atoms with Gasteiger partial charge in [-0.25, -0.2) is 4.39 Å². The molecule has 3 heteroatoms. The first-order chi connectivity index (χ1) is 7.18. The Hall–Kier alpha value is -1.54. The van der Waals surface area contributed by atoms with Gasteiger partial charge in [-0.2, -0.15) is 0 Å². The number of anilines is 1. The minimum absolute atomic E-state index is 0.288. The van der Waals surface area contributed by atoms with E-state index in [2.05, 4.69) is 0 Å². The van der Waals surface area contributed by atoms with Crippen molar-refractivity contribution in [3.63, 3.8) is 0 Å². The van der Waals surface area contributed by atoms with Crippen molar-refractivity contribution in [3.05, 3.63) is 53.3 Å². The smallest absolute Gasteiger partial charge is 0.131 e. The molecule has 0 spiro atoms. The van der Waals surface area contributed by atoms with E-state index in [-0.39, 0.29) is 5.82 Å². The Bertz CT molecular complexity index is 497. The Labute approximate surface area is 92.3 Å². The maximum Gasteiger partial charge on any atom is 0.131 e. The van der Waals surface area contributed by atoms with Gasteiger partial charge in [-0.3, -0.25) is 0 Å². The van der Waals surface area contributed by atoms with Crippen molar-refractivity contribution in [3.8, 4) is 11.1 Å². The van der Waals surface area contributed by atoms with Crippen molar-refractivity contribution in [2.75, 3.05) is 5.73 Å². The molecule has 0 saturated carbocycles. The van der Waals surface area contributed by atoms with Crippen LogP contribution < -0.4 is 5.73 Å². The van der Waals surface area contributed by atoms with Crippen LogP contribution in [-0.2, 0) is 0 Å². The lowest BCUT2D eigenvalue weighted by Crippen LogP contribution is -1.88. The van der Waals surface area contributed by atoms with Gasteiger partial charge in [0.15, 0.2) is 0 Å². The van der Waals surface area contributed by atoms with E-state index in [4.69, 9.17) is 17.3 Å². The van der Waals surface area contributed by atoms with Crippen LogP contribution in [0.25, 0.3) is 11.1 Å². The number of nitrogen functional groups attached to an aromatic ring is 1. The number of hydrogen-bond donors (Lipinski definition) is 1. The van der Waals surface area contributed by atoms with E-state index >= 15 is 0 Å². The molecule has 2 aromatic carbocycles. The number of nitrogens with two attached hydrogens (primary N) is 1. The third kappa shape index (κ3) is 1.95. The highest BCUT2D eigenvalue weighted by molar-refractivity contribution is 6.33. The topological polar surface area (TPSA) is 26.0 Å². The van der Waals surface area contributed by atoms with Gasteiger partial charge >= 0.3 is 0 Å². The lowest BCUT2D eigenvalue weighted by Gasteiger charge is -2.06. The monoisotopic (exact) mass is 221 g/mol. The number of halogens is 2. The summed E-state index contributed by atoms with van der Waals surface area (Å²) in [6, 6.07) is 11.5. The molecule has 0 aromatic heterocycles. The van der Waals surface area contributed by atoms with Gasteiger partial charge in [0, 0.05) is 16.8 Å². The fraction of sp³-hybridized carbons (Fsp3) is 0. The fourth-order valence-electron chi connectivity index (χ4n) is 1.43. The van der Waals surface area contributed by atoms with Crippen molar-refractivity contribution in [2.45, 2.75) is 0 Å². The van der Waals surface area contributed by atoms with Crippen LogP contribution in [0.3, 0.4) is 0 Å². The molecule has 15 heavy (non-hydrogen) atoms. The van der Waals surface area contributed by atoms with Crippen LogP contribution in [0.4, 0.5) is 10.1 Å². The lowest BCUT2D eigenvalue weighted by atomic mass is 10.0. The molecule has 0 saturated heterocycles. The van der Waals surface area contributed by atoms with Gasteiger partial charge in [-0.15, -0.1) is 0 Å². The summed E-state index contributed by atoms with van der Waals surface area (Å²) in [7, 11) is 0. The molecule has 0 amide bonds. The predicted molar refractivity (Wildman–Crippen MR) is 61.3 cm³/mol. The molecule has 2 rings (SSSR count). The van der Waals surface area contributed by atoms with E-state index in [0.29, 0.717) is 21.8 Å². The first-order valence-corrected chi connectivity index (χ1v) is 4.86. The second kappa shape index (κ2) is 3.91. The number of benzene rings is 2. The summed E-state index contributed by atoms with van der Waals surface area (Å²) >= 11 is 5.99. The average Bonchev–Trinajstić information content (AvgIpc) is 2.20. The average molecular weight is 222 g/mol. The minimum Gasteiger partial charge on any atom is -0.399 e. The van der Waals surface area contributed by atoms with Crippen LogP contribution in [0, 0.1) is 5.82 Å². The van der Waals surface area contributed by atoms with Crippen molar-refractivity contribution in [2.24, 2.45) is 0 Å². The van der Waals surface area contributed by atoms with E-state index in [9.17, 15) is 4.39 Å². The van der Waals surface area contributed by atoms with Crippen LogP contribution in [0.1, 0.15) is 0 Å². The maximum absolute atomic E-state index is 13.5. The van der Waals surface area contributed by atoms with E-state index in [1.54, 1.807) is 36.4 Å². The van der Waals surface area contributed by atoms with Crippen molar-refractivity contribution < 1.29 is 4.39 Å². The summed E-state index contributed by atoms with van der Waals surface area (Å²) < 4.78 is 13.5. The molecule has 0 fully saturated rings. The Morgan fingerprint density at radius 1 is 1.00 bits per heavy atom. The van der Waals surface area contributed by atoms with Crippen LogP contribution >= 0.6 is 11.6 Å². The van der Waals surface area contributed by atoms with Gasteiger partial charge in [0.05, 0.1) is 5.02 Å². The molecule has 0 unspecified atom stereocenters. The fourth-order valence-corrected chi connectivity index (χ4v) is 1.72. The highest BCUT2D eigenvalue weighted by atomic mass is 35.5. The largest absolute Gasteiger partial charge is 0.399 e. The highest BCUT2D eigenvalue weighted by Gasteiger charge is 2.07. The predicted octanol–water partition coefficient (Wildman–Crippen LogP) is 3.73. The molecule has 0 bridgehead atoms. The summed E-state index contributed by atoms with van der Waals surface area (Å²) in [4.78, 5) is 0. The van der Waals surface area contributed by atoms with Crippen LogP contribution in [0.5, 0.6) is 0 Å². The molecular weight excluding hydrogens is 213 g/mol. The molecule has 76 valence electrons. The summed E-state index contributed by atoms with van der Waals surface area (Å²) in [6.07, 6.45) is 0. The standard InChI is InChI=1S/C12H9ClFN/c13-11-7-8(15)5-6-9(11)10-3-1-2-4-12(10)14/h1-7H,15H2. The Kier molecular flexibility index (Phi) is 2.60. The molecule has 0 radical (unpaired) electrons. The summed E-state index contributed by atoms with van der Waals surface area (Å²) in [5, 5.41) is 0.458. The van der Waals surface area contributed by atoms with Gasteiger partial charge in [0.1, 0.15) is 5.82 Å². The first kappa shape index (κ1) is 9.99. The van der Waals surface area contributed by atoms with Gasteiger partial charge in [-0.1, -0.05) is 35.9 Å². The van der Waals surface area contributed by atoms with E-state index in [1.807, 2.05) is 0 Å². The molecule has 1 nitrogen and oxygen atoms in total. The Balaban J connectivity index is 2.60. The minimum atomic E-state index is -0.288. The molecule has 2 aromatic rings.